The smallest absolute Gasteiger partial charge is 0.159 e. The molecule has 0 bridgehead atoms. The van der Waals surface area contributed by atoms with Crippen LogP contribution in [0.25, 0.3) is 0 Å². The van der Waals surface area contributed by atoms with E-state index in [9.17, 15) is 8.78 Å². The first-order valence-electron chi connectivity index (χ1n) is 7.20. The van der Waals surface area contributed by atoms with Gasteiger partial charge in [0.2, 0.25) is 0 Å². The summed E-state index contributed by atoms with van der Waals surface area (Å²) in [5.41, 5.74) is 2.99. The number of benzene rings is 1. The molecule has 1 aliphatic rings. The number of hydrogen-bond donors (Lipinski definition) is 0. The Morgan fingerprint density at radius 2 is 1.95 bits per heavy atom. The second kappa shape index (κ2) is 6.69. The molecule has 1 aliphatic heterocycles. The Bertz CT molecular complexity index is 532. The van der Waals surface area contributed by atoms with Crippen LogP contribution in [0.5, 0.6) is 0 Å². The van der Waals surface area contributed by atoms with Crippen molar-refractivity contribution in [3.8, 4) is 0 Å². The molecule has 1 heterocycles. The minimum atomic E-state index is -0.754. The number of fused-ring (bicyclic) bond motifs is 1. The maximum Gasteiger partial charge on any atom is 0.159 e. The van der Waals surface area contributed by atoms with Crippen molar-refractivity contribution >= 4 is 0 Å². The van der Waals surface area contributed by atoms with Gasteiger partial charge in [-0.2, -0.15) is 0 Å². The van der Waals surface area contributed by atoms with E-state index < -0.39 is 11.6 Å². The topological polar surface area (TPSA) is 3.24 Å². The summed E-state index contributed by atoms with van der Waals surface area (Å²) in [6.45, 7) is 5.63. The number of rotatable bonds is 4. The van der Waals surface area contributed by atoms with Gasteiger partial charge >= 0.3 is 0 Å². The molecule has 0 spiro atoms. The molecule has 0 aliphatic carbocycles. The van der Waals surface area contributed by atoms with E-state index in [-0.39, 0.29) is 0 Å². The molecule has 1 aromatic carbocycles. The van der Waals surface area contributed by atoms with Crippen molar-refractivity contribution in [1.82, 2.24) is 4.90 Å². The fourth-order valence-corrected chi connectivity index (χ4v) is 2.54. The number of hydrogen-bond acceptors (Lipinski definition) is 1. The molecule has 1 aromatic rings. The zero-order chi connectivity index (χ0) is 14.5. The summed E-state index contributed by atoms with van der Waals surface area (Å²) in [4.78, 5) is 2.23. The Hall–Kier alpha value is -1.64. The summed E-state index contributed by atoms with van der Waals surface area (Å²) in [7, 11) is 0. The predicted molar refractivity (Wildman–Crippen MR) is 78.3 cm³/mol. The third-order valence-electron chi connectivity index (χ3n) is 3.60. The van der Waals surface area contributed by atoms with Crippen LogP contribution in [0.2, 0.25) is 0 Å². The van der Waals surface area contributed by atoms with Gasteiger partial charge < -0.3 is 4.90 Å². The van der Waals surface area contributed by atoms with Gasteiger partial charge in [0.1, 0.15) is 0 Å². The molecule has 0 N–H and O–H groups in total. The zero-order valence-electron chi connectivity index (χ0n) is 12.1. The van der Waals surface area contributed by atoms with Crippen LogP contribution in [0.1, 0.15) is 37.8 Å². The number of nitrogens with zero attached hydrogens (tertiary/aromatic N) is 1. The van der Waals surface area contributed by atoms with E-state index in [1.54, 1.807) is 0 Å². The molecule has 0 unspecified atom stereocenters. The van der Waals surface area contributed by atoms with Crippen molar-refractivity contribution in [3.63, 3.8) is 0 Å². The van der Waals surface area contributed by atoms with E-state index in [4.69, 9.17) is 0 Å². The SMILES string of the molecule is C/C=C\C(=C/CCC)N1CCc2cc(F)c(F)cc2C1. The van der Waals surface area contributed by atoms with Gasteiger partial charge in [-0.15, -0.1) is 0 Å². The van der Waals surface area contributed by atoms with Crippen LogP contribution in [-0.2, 0) is 13.0 Å². The highest BCUT2D eigenvalue weighted by Crippen LogP contribution is 2.25. The summed E-state index contributed by atoms with van der Waals surface area (Å²) >= 11 is 0. The highest BCUT2D eigenvalue weighted by atomic mass is 19.2. The van der Waals surface area contributed by atoms with Crippen LogP contribution in [0.15, 0.2) is 36.1 Å². The fourth-order valence-electron chi connectivity index (χ4n) is 2.54. The van der Waals surface area contributed by atoms with E-state index in [1.807, 2.05) is 13.0 Å². The summed E-state index contributed by atoms with van der Waals surface area (Å²) in [6, 6.07) is 2.68. The highest BCUT2D eigenvalue weighted by Gasteiger charge is 2.19. The molecule has 0 fully saturated rings. The van der Waals surface area contributed by atoms with Crippen LogP contribution < -0.4 is 0 Å². The second-order valence-corrected chi connectivity index (χ2v) is 5.12. The van der Waals surface area contributed by atoms with Crippen molar-refractivity contribution in [2.24, 2.45) is 0 Å². The summed E-state index contributed by atoms with van der Waals surface area (Å²) in [6.07, 6.45) is 9.20. The molecule has 0 atom stereocenters. The van der Waals surface area contributed by atoms with Crippen LogP contribution in [0.4, 0.5) is 8.78 Å². The lowest BCUT2D eigenvalue weighted by Gasteiger charge is -2.31. The van der Waals surface area contributed by atoms with Crippen molar-refractivity contribution in [1.29, 1.82) is 0 Å². The van der Waals surface area contributed by atoms with Crippen molar-refractivity contribution in [3.05, 3.63) is 58.8 Å². The first-order chi connectivity index (χ1) is 9.65. The molecule has 20 heavy (non-hydrogen) atoms. The lowest BCUT2D eigenvalue weighted by atomic mass is 9.98. The quantitative estimate of drug-likeness (QED) is 0.728. The van der Waals surface area contributed by atoms with Gasteiger partial charge in [0.15, 0.2) is 11.6 Å². The normalized spacial score (nSPS) is 15.8. The molecule has 3 heteroatoms. The zero-order valence-corrected chi connectivity index (χ0v) is 12.1. The van der Waals surface area contributed by atoms with Crippen LogP contribution in [-0.4, -0.2) is 11.4 Å². The van der Waals surface area contributed by atoms with Gasteiger partial charge in [-0.3, -0.25) is 0 Å². The van der Waals surface area contributed by atoms with E-state index in [2.05, 4.69) is 24.0 Å². The van der Waals surface area contributed by atoms with Crippen LogP contribution in [0, 0.1) is 11.6 Å². The maximum atomic E-state index is 13.4. The van der Waals surface area contributed by atoms with E-state index in [0.29, 0.717) is 6.54 Å². The first-order valence-corrected chi connectivity index (χ1v) is 7.20. The van der Waals surface area contributed by atoms with Gasteiger partial charge in [0, 0.05) is 18.8 Å². The molecular formula is C17H21F2N. The van der Waals surface area contributed by atoms with Gasteiger partial charge in [-0.25, -0.2) is 8.78 Å². The third-order valence-corrected chi connectivity index (χ3v) is 3.60. The van der Waals surface area contributed by atoms with Crippen molar-refractivity contribution in [2.45, 2.75) is 39.7 Å². The molecule has 2 rings (SSSR count). The molecule has 1 nitrogen and oxygen atoms in total. The Kier molecular flexibility index (Phi) is 4.94. The van der Waals surface area contributed by atoms with Gasteiger partial charge in [-0.05, 0) is 49.1 Å². The minimum Gasteiger partial charge on any atom is -0.367 e. The third kappa shape index (κ3) is 3.27. The summed E-state index contributed by atoms with van der Waals surface area (Å²) < 4.78 is 26.6. The van der Waals surface area contributed by atoms with Crippen molar-refractivity contribution < 1.29 is 8.78 Å². The molecular weight excluding hydrogens is 256 g/mol. The minimum absolute atomic E-state index is 0.645. The van der Waals surface area contributed by atoms with E-state index in [1.165, 1.54) is 17.8 Å². The number of allylic oxidation sites excluding steroid dienone is 3. The van der Waals surface area contributed by atoms with Crippen LogP contribution in [0.3, 0.4) is 0 Å². The molecule has 108 valence electrons. The standard InChI is InChI=1S/C17H21F2N/c1-3-5-7-15(6-4-2)20-9-8-13-10-16(18)17(19)11-14(13)12-20/h4,6-7,10-11H,3,5,8-9,12H2,1-2H3/b6-4-,15-7+. The Morgan fingerprint density at radius 3 is 2.60 bits per heavy atom. The summed E-state index contributed by atoms with van der Waals surface area (Å²) in [5.74, 6) is -1.50. The number of halogens is 2. The molecule has 0 amide bonds. The van der Waals surface area contributed by atoms with Gasteiger partial charge in [0.25, 0.3) is 0 Å². The molecule has 0 saturated carbocycles. The highest BCUT2D eigenvalue weighted by molar-refractivity contribution is 5.33. The fraction of sp³-hybridized carbons (Fsp3) is 0.412. The molecule has 0 aromatic heterocycles. The lowest BCUT2D eigenvalue weighted by Crippen LogP contribution is -2.29. The van der Waals surface area contributed by atoms with Gasteiger partial charge in [-0.1, -0.05) is 25.5 Å². The second-order valence-electron chi connectivity index (χ2n) is 5.12. The average molecular weight is 277 g/mol. The Morgan fingerprint density at radius 1 is 1.25 bits per heavy atom. The number of unbranched alkanes of at least 4 members (excludes halogenated alkanes) is 1. The van der Waals surface area contributed by atoms with E-state index in [0.717, 1.165) is 36.9 Å². The van der Waals surface area contributed by atoms with Crippen molar-refractivity contribution in [2.75, 3.05) is 6.54 Å². The monoisotopic (exact) mass is 277 g/mol. The summed E-state index contributed by atoms with van der Waals surface area (Å²) in [5, 5.41) is 0. The lowest BCUT2D eigenvalue weighted by molar-refractivity contribution is 0.328. The van der Waals surface area contributed by atoms with Gasteiger partial charge in [0.05, 0.1) is 0 Å². The molecule has 0 radical (unpaired) electrons. The average Bonchev–Trinajstić information content (AvgIpc) is 2.44. The Balaban J connectivity index is 2.23. The first kappa shape index (κ1) is 14.8. The van der Waals surface area contributed by atoms with Crippen LogP contribution >= 0.6 is 0 Å². The predicted octanol–water partition coefficient (Wildman–Crippen LogP) is 4.58. The largest absolute Gasteiger partial charge is 0.367 e. The van der Waals surface area contributed by atoms with E-state index >= 15 is 0 Å². The Labute approximate surface area is 119 Å². The maximum absolute atomic E-state index is 13.4. The molecule has 0 saturated heterocycles.